The van der Waals surface area contributed by atoms with Crippen LogP contribution in [-0.4, -0.2) is 301 Å². The van der Waals surface area contributed by atoms with Crippen molar-refractivity contribution in [3.8, 4) is 17.2 Å². The van der Waals surface area contributed by atoms with Crippen molar-refractivity contribution in [2.75, 3.05) is 46.0 Å². The van der Waals surface area contributed by atoms with Crippen LogP contribution in [0.25, 0.3) is 0 Å². The van der Waals surface area contributed by atoms with E-state index in [0.717, 1.165) is 6.92 Å². The van der Waals surface area contributed by atoms with Gasteiger partial charge in [-0.25, -0.2) is 0 Å². The van der Waals surface area contributed by atoms with E-state index in [-0.39, 0.29) is 78.6 Å². The summed E-state index contributed by atoms with van der Waals surface area (Å²) in [6.45, 7) is 5.47. The van der Waals surface area contributed by atoms with Gasteiger partial charge in [-0.2, -0.15) is 0 Å². The standard InChI is InChI=1S/C83H124N20O29/c1-8-42(6)68(103-81(130)66(87)40(2)3)83(132)101-59(38-105)79(128)97-54(31-46-19-25-49(109)26-20-46)75(124)99-56(33-63(112)113)71(120)88-35-62(111)91-58(37-104)78(127)98-55(32-61(86)110)76(125)92-51(14-10-12-28-85)72(121)95-53(30-45-17-23-48(108)24-18-45)74(123)96-52(29-44-15-21-47(107)22-16-44)73(122)90-43(7)69(118)94-57(34-64(114)115)77(126)100-60(39-106)80(129)102-67(41(4)5)82(131)93-50(13-9-11-27-84)70(119)89-36-65(116)117/h15-26,40-43,50-60,66-68,104-109H,8-14,27-39,84-85,87H2,1-7H3,(H2,86,110)(H,88,120)(H,89,119)(H,90,122)(H,91,111)(H,92,125)(H,93,131)(H,94,118)(H,95,121)(H,96,123)(H,97,128)(H,98,127)(H,99,124)(H,100,126)(H,101,132)(H,102,129)(H,103,130)(H,112,113)(H,114,115)(H,116,117)/t42-,43-,50-,51-,52-,53-,54-,55-,56-,57-,58-,59-,60-,66-,67-,68-/m0/s1. The van der Waals surface area contributed by atoms with Crippen molar-refractivity contribution in [1.82, 2.24) is 85.1 Å². The van der Waals surface area contributed by atoms with Gasteiger partial charge in [0.25, 0.3) is 0 Å². The van der Waals surface area contributed by atoms with Crippen molar-refractivity contribution in [3.05, 3.63) is 89.5 Å². The van der Waals surface area contributed by atoms with E-state index in [0.29, 0.717) is 19.3 Å². The Morgan fingerprint density at radius 2 is 0.621 bits per heavy atom. The number of hydrogen-bond donors (Lipinski definition) is 29. The molecule has 0 aliphatic heterocycles. The van der Waals surface area contributed by atoms with E-state index in [1.807, 2.05) is 0 Å². The number of aliphatic hydroxyl groups is 3. The molecule has 0 spiro atoms. The number of rotatable bonds is 60. The molecule has 16 atom stereocenters. The van der Waals surface area contributed by atoms with Crippen LogP contribution in [0.15, 0.2) is 72.8 Å². The lowest BCUT2D eigenvalue weighted by Gasteiger charge is -2.28. The molecule has 0 aliphatic rings. The normalized spacial score (nSPS) is 14.7. The lowest BCUT2D eigenvalue weighted by Crippen LogP contribution is -2.61. The van der Waals surface area contributed by atoms with E-state index >= 15 is 0 Å². The lowest BCUT2D eigenvalue weighted by molar-refractivity contribution is -0.142. The summed E-state index contributed by atoms with van der Waals surface area (Å²) in [6, 6.07) is -10.6. The van der Waals surface area contributed by atoms with Crippen LogP contribution in [0.4, 0.5) is 0 Å². The molecule has 0 radical (unpaired) electrons. The summed E-state index contributed by atoms with van der Waals surface area (Å²) < 4.78 is 0. The molecule has 0 heterocycles. The van der Waals surface area contributed by atoms with Gasteiger partial charge in [-0.15, -0.1) is 0 Å². The number of carbonyl (C=O) groups is 20. The molecular formula is C83H124N20O29. The Hall–Kier alpha value is -13.8. The van der Waals surface area contributed by atoms with E-state index < -0.39 is 292 Å². The molecule has 132 heavy (non-hydrogen) atoms. The van der Waals surface area contributed by atoms with E-state index in [2.05, 4.69) is 85.1 Å². The fourth-order valence-electron chi connectivity index (χ4n) is 12.5. The maximum Gasteiger partial charge on any atom is 0.322 e. The summed E-state index contributed by atoms with van der Waals surface area (Å²) in [4.78, 5) is 271. The third kappa shape index (κ3) is 40.1. The third-order valence-electron chi connectivity index (χ3n) is 20.4. The molecule has 0 fully saturated rings. The zero-order valence-electron chi connectivity index (χ0n) is 74.0. The van der Waals surface area contributed by atoms with Crippen LogP contribution in [0.5, 0.6) is 17.2 Å². The molecule has 0 saturated carbocycles. The Bertz CT molecular complexity index is 4450. The molecule has 0 unspecified atom stereocenters. The number of carboxylic acids is 3. The van der Waals surface area contributed by atoms with Crippen LogP contribution in [-0.2, 0) is 115 Å². The number of carboxylic acid groups (broad SMARTS) is 3. The van der Waals surface area contributed by atoms with Crippen molar-refractivity contribution >= 4 is 118 Å². The number of aromatic hydroxyl groups is 3. The Morgan fingerprint density at radius 3 is 1.01 bits per heavy atom. The van der Waals surface area contributed by atoms with Gasteiger partial charge < -0.3 is 154 Å². The zero-order chi connectivity index (χ0) is 99.3. The number of amides is 17. The van der Waals surface area contributed by atoms with Crippen LogP contribution < -0.4 is 108 Å². The Kier molecular flexibility index (Phi) is 48.8. The molecule has 49 heteroatoms. The summed E-state index contributed by atoms with van der Waals surface area (Å²) in [6.07, 6.45) is -3.83. The highest BCUT2D eigenvalue weighted by Crippen LogP contribution is 2.19. The number of unbranched alkanes of at least 4 members (excludes halogenated alkanes) is 2. The van der Waals surface area contributed by atoms with Crippen molar-refractivity contribution < 1.29 is 142 Å². The van der Waals surface area contributed by atoms with Gasteiger partial charge in [-0.1, -0.05) is 84.4 Å². The van der Waals surface area contributed by atoms with Crippen LogP contribution in [0, 0.1) is 17.8 Å². The molecule has 0 bridgehead atoms. The quantitative estimate of drug-likeness (QED) is 0.0233. The maximum absolute atomic E-state index is 14.9. The van der Waals surface area contributed by atoms with Crippen molar-refractivity contribution in [3.63, 3.8) is 0 Å². The zero-order valence-corrected chi connectivity index (χ0v) is 74.0. The summed E-state index contributed by atoms with van der Waals surface area (Å²) in [5, 5.41) is 127. The van der Waals surface area contributed by atoms with Gasteiger partial charge in [0.15, 0.2) is 0 Å². The summed E-state index contributed by atoms with van der Waals surface area (Å²) >= 11 is 0. The van der Waals surface area contributed by atoms with E-state index in [1.165, 1.54) is 86.6 Å². The fourth-order valence-corrected chi connectivity index (χ4v) is 12.5. The average molecular weight is 1870 g/mol. The summed E-state index contributed by atoms with van der Waals surface area (Å²) in [7, 11) is 0. The first kappa shape index (κ1) is 112. The first-order chi connectivity index (χ1) is 62.2. The van der Waals surface area contributed by atoms with Crippen molar-refractivity contribution in [2.24, 2.45) is 40.7 Å². The Morgan fingerprint density at radius 1 is 0.318 bits per heavy atom. The first-order valence-corrected chi connectivity index (χ1v) is 42.3. The smallest absolute Gasteiger partial charge is 0.322 e. The lowest BCUT2D eigenvalue weighted by atomic mass is 9.96. The second kappa shape index (κ2) is 57.3. The highest BCUT2D eigenvalue weighted by atomic mass is 16.4. The number of nitrogens with two attached hydrogens (primary N) is 4. The number of phenolic OH excluding ortho intramolecular Hbond substituents is 3. The number of aliphatic carboxylic acids is 3. The number of nitrogens with one attached hydrogen (secondary N) is 16. The Balaban J connectivity index is 1.92. The molecule has 0 saturated heterocycles. The number of carbonyl (C=O) groups excluding carboxylic acids is 17. The van der Waals surface area contributed by atoms with E-state index in [1.54, 1.807) is 27.7 Å². The minimum Gasteiger partial charge on any atom is -0.508 e. The molecule has 3 rings (SSSR count). The highest BCUT2D eigenvalue weighted by molar-refractivity contribution is 6.02. The number of hydrogen-bond acceptors (Lipinski definition) is 29. The SMILES string of the molecule is CC[C@H](C)[C@H](NC(=O)[C@@H](N)C(C)C)C(=O)N[C@@H](CO)C(=O)N[C@@H](Cc1ccc(O)cc1)C(=O)N[C@@H](CC(=O)O)C(=O)NCC(=O)N[C@@H](CO)C(=O)N[C@@H](CC(N)=O)C(=O)N[C@@H](CCCCN)C(=O)N[C@@H](Cc1ccc(O)cc1)C(=O)N[C@@H](Cc1ccc(O)cc1)C(=O)N[C@@H](C)C(=O)N[C@@H](CC(=O)O)C(=O)N[C@@H](CO)C(=O)N[C@H](C(=O)N[C@@H](CCCCN)C(=O)NCC(=O)O)C(C)C. The van der Waals surface area contributed by atoms with Crippen LogP contribution in [0.3, 0.4) is 0 Å². The Labute approximate surface area is 758 Å². The van der Waals surface area contributed by atoms with Gasteiger partial charge >= 0.3 is 17.9 Å². The molecule has 17 amide bonds. The second-order valence-corrected chi connectivity index (χ2v) is 31.8. The van der Waals surface area contributed by atoms with Gasteiger partial charge in [0.1, 0.15) is 108 Å². The van der Waals surface area contributed by atoms with Crippen LogP contribution >= 0.6 is 0 Å². The van der Waals surface area contributed by atoms with Gasteiger partial charge in [0.2, 0.25) is 100 Å². The second-order valence-electron chi connectivity index (χ2n) is 31.8. The van der Waals surface area contributed by atoms with Gasteiger partial charge in [-0.05, 0) is 129 Å². The molecule has 0 aromatic heterocycles. The first-order valence-electron chi connectivity index (χ1n) is 42.3. The van der Waals surface area contributed by atoms with Crippen molar-refractivity contribution in [1.29, 1.82) is 0 Å². The van der Waals surface area contributed by atoms with Gasteiger partial charge in [0.05, 0.1) is 51.7 Å². The minimum atomic E-state index is -2.08. The fraction of sp³-hybridized carbons (Fsp3) is 0.542. The third-order valence-corrected chi connectivity index (χ3v) is 20.4. The van der Waals surface area contributed by atoms with E-state index in [4.69, 9.17) is 28.0 Å². The number of aliphatic hydroxyl groups excluding tert-OH is 3. The molecule has 33 N–H and O–H groups in total. The largest absolute Gasteiger partial charge is 0.508 e. The summed E-state index contributed by atoms with van der Waals surface area (Å²) in [5.74, 6) is -27.1. The van der Waals surface area contributed by atoms with Crippen LogP contribution in [0.2, 0.25) is 0 Å². The molecule has 730 valence electrons. The van der Waals surface area contributed by atoms with Gasteiger partial charge in [0, 0.05) is 19.3 Å². The minimum absolute atomic E-state index is 0.00490. The number of primary amides is 1. The molecule has 3 aromatic carbocycles. The van der Waals surface area contributed by atoms with E-state index in [9.17, 15) is 137 Å². The maximum atomic E-state index is 14.9. The highest BCUT2D eigenvalue weighted by Gasteiger charge is 2.40. The molecular weight excluding hydrogens is 1740 g/mol. The summed E-state index contributed by atoms with van der Waals surface area (Å²) in [5.41, 5.74) is 23.6. The van der Waals surface area contributed by atoms with Gasteiger partial charge in [-0.3, -0.25) is 95.9 Å². The molecule has 0 aliphatic carbocycles. The predicted octanol–water partition coefficient (Wildman–Crippen LogP) is -9.30. The number of benzene rings is 3. The molecule has 49 nitrogen and oxygen atoms in total. The van der Waals surface area contributed by atoms with Crippen molar-refractivity contribution in [2.45, 2.75) is 223 Å². The predicted molar refractivity (Wildman–Crippen MR) is 464 cm³/mol. The monoisotopic (exact) mass is 1860 g/mol. The molecule has 3 aromatic rings. The van der Waals surface area contributed by atoms with Crippen LogP contribution in [0.1, 0.15) is 129 Å². The average Bonchev–Trinajstić information content (AvgIpc) is 0.859. The topological polar surface area (TPSA) is 820 Å². The number of phenols is 3.